The number of hydrogen-bond donors (Lipinski definition) is 0. The molecule has 0 saturated carbocycles. The fraction of sp³-hybridized carbons (Fsp3) is 0.667. The van der Waals surface area contributed by atoms with E-state index < -0.39 is 14.1 Å². The van der Waals surface area contributed by atoms with Crippen molar-refractivity contribution >= 4 is 13.9 Å². The predicted octanol–water partition coefficient (Wildman–Crippen LogP) is 4.18. The zero-order valence-corrected chi connectivity index (χ0v) is 18.3. The summed E-state index contributed by atoms with van der Waals surface area (Å²) in [7, 11) is -1.80. The molecule has 1 saturated heterocycles. The third kappa shape index (κ3) is 4.62. The van der Waals surface area contributed by atoms with Crippen molar-refractivity contribution in [2.45, 2.75) is 70.5 Å². The first kappa shape index (κ1) is 20.5. The summed E-state index contributed by atoms with van der Waals surface area (Å²) in [4.78, 5) is 12.3. The van der Waals surface area contributed by atoms with Crippen molar-refractivity contribution in [2.24, 2.45) is 0 Å². The van der Waals surface area contributed by atoms with E-state index in [0.717, 1.165) is 24.8 Å². The molecule has 0 atom stereocenters. The average Bonchev–Trinajstić information content (AvgIpc) is 3.04. The van der Waals surface area contributed by atoms with Crippen LogP contribution in [0.15, 0.2) is 29.2 Å². The maximum Gasteiger partial charge on any atom is 0.250 e. The lowest BCUT2D eigenvalue weighted by atomic mass is 9.90. The van der Waals surface area contributed by atoms with Gasteiger partial charge in [0.05, 0.1) is 19.8 Å². The molecule has 0 unspecified atom stereocenters. The summed E-state index contributed by atoms with van der Waals surface area (Å²) < 4.78 is 19.6. The quantitative estimate of drug-likeness (QED) is 0.707. The Balaban J connectivity index is 1.66. The van der Waals surface area contributed by atoms with Gasteiger partial charge in [0.2, 0.25) is 0 Å². The second-order valence-corrected chi connectivity index (χ2v) is 13.9. The molecule has 3 rings (SSSR count). The van der Waals surface area contributed by atoms with Gasteiger partial charge in [0, 0.05) is 31.6 Å². The number of allylic oxidation sites excluding steroid dienone is 1. The van der Waals surface area contributed by atoms with Gasteiger partial charge in [-0.3, -0.25) is 4.79 Å². The highest BCUT2D eigenvalue weighted by Gasteiger charge is 2.38. The Morgan fingerprint density at radius 1 is 1.22 bits per heavy atom. The minimum atomic E-state index is -1.80. The zero-order valence-electron chi connectivity index (χ0n) is 17.3. The molecule has 150 valence electrons. The third-order valence-corrected chi connectivity index (χ3v) is 10.7. The van der Waals surface area contributed by atoms with Gasteiger partial charge in [0.1, 0.15) is 0 Å². The minimum absolute atomic E-state index is 0.0212. The van der Waals surface area contributed by atoms with Crippen LogP contribution in [0.1, 0.15) is 45.6 Å². The topological polar surface area (TPSA) is 49.7 Å². The maximum atomic E-state index is 12.3. The van der Waals surface area contributed by atoms with Crippen LogP contribution in [0.2, 0.25) is 18.1 Å². The molecule has 1 aromatic heterocycles. The predicted molar refractivity (Wildman–Crippen MR) is 110 cm³/mol. The molecule has 2 aliphatic rings. The molecule has 1 aliphatic heterocycles. The monoisotopic (exact) mass is 391 g/mol. The van der Waals surface area contributed by atoms with Crippen molar-refractivity contribution in [3.63, 3.8) is 0 Å². The smallest absolute Gasteiger partial charge is 0.250 e. The highest BCUT2D eigenvalue weighted by molar-refractivity contribution is 6.74. The van der Waals surface area contributed by atoms with E-state index in [2.05, 4.69) is 39.9 Å². The van der Waals surface area contributed by atoms with Gasteiger partial charge in [-0.1, -0.05) is 26.8 Å². The number of aromatic nitrogens is 1. The second kappa shape index (κ2) is 7.66. The van der Waals surface area contributed by atoms with Gasteiger partial charge in [0.15, 0.2) is 14.1 Å². The highest BCUT2D eigenvalue weighted by Crippen LogP contribution is 2.38. The van der Waals surface area contributed by atoms with E-state index in [0.29, 0.717) is 26.4 Å². The van der Waals surface area contributed by atoms with Gasteiger partial charge in [-0.05, 0) is 41.8 Å². The van der Waals surface area contributed by atoms with Gasteiger partial charge in [-0.2, -0.15) is 0 Å². The second-order valence-electron chi connectivity index (χ2n) is 9.10. The lowest BCUT2D eigenvalue weighted by molar-refractivity contribution is -0.159. The summed E-state index contributed by atoms with van der Waals surface area (Å²) in [6.07, 6.45) is 6.71. The fourth-order valence-electron chi connectivity index (χ4n) is 3.34. The number of nitrogens with zero attached hydrogens (tertiary/aromatic N) is 1. The summed E-state index contributed by atoms with van der Waals surface area (Å²) in [6.45, 7) is 13.7. The average molecular weight is 392 g/mol. The van der Waals surface area contributed by atoms with Crippen LogP contribution in [0, 0.1) is 0 Å². The standard InChI is InChI=1S/C21H33NO4Si/c1-20(2,3)27(4,5)26-13-12-22-16-18(6-7-19(22)23)17-8-10-21(11-9-17)24-14-15-25-21/h6-8,16H,9-15H2,1-5H3. The van der Waals surface area contributed by atoms with E-state index in [4.69, 9.17) is 13.9 Å². The van der Waals surface area contributed by atoms with E-state index in [1.54, 1.807) is 10.6 Å². The molecule has 0 amide bonds. The summed E-state index contributed by atoms with van der Waals surface area (Å²) in [5, 5.41) is 0.174. The van der Waals surface area contributed by atoms with Crippen LogP contribution in [-0.4, -0.2) is 38.5 Å². The largest absolute Gasteiger partial charge is 0.415 e. The lowest BCUT2D eigenvalue weighted by Crippen LogP contribution is -2.41. The van der Waals surface area contributed by atoms with Crippen molar-refractivity contribution in [3.8, 4) is 0 Å². The van der Waals surface area contributed by atoms with Crippen molar-refractivity contribution < 1.29 is 13.9 Å². The first-order chi connectivity index (χ1) is 12.6. The van der Waals surface area contributed by atoms with Gasteiger partial charge in [-0.25, -0.2) is 0 Å². The summed E-state index contributed by atoms with van der Waals surface area (Å²) >= 11 is 0. The van der Waals surface area contributed by atoms with Gasteiger partial charge in [0.25, 0.3) is 5.56 Å². The molecule has 0 N–H and O–H groups in total. The number of pyridine rings is 1. The zero-order chi connectivity index (χ0) is 19.7. The summed E-state index contributed by atoms with van der Waals surface area (Å²) in [5.41, 5.74) is 2.39. The third-order valence-electron chi connectivity index (χ3n) is 6.20. The first-order valence-electron chi connectivity index (χ1n) is 9.94. The molecule has 6 heteroatoms. The molecule has 1 fully saturated rings. The molecular formula is C21H33NO4Si. The molecule has 1 aromatic rings. The highest BCUT2D eigenvalue weighted by atomic mass is 28.4. The molecule has 5 nitrogen and oxygen atoms in total. The van der Waals surface area contributed by atoms with Crippen LogP contribution in [0.3, 0.4) is 0 Å². The molecule has 1 aliphatic carbocycles. The van der Waals surface area contributed by atoms with Crippen molar-refractivity contribution in [1.29, 1.82) is 0 Å². The molecule has 0 bridgehead atoms. The van der Waals surface area contributed by atoms with Crippen LogP contribution >= 0.6 is 0 Å². The number of ether oxygens (including phenoxy) is 2. The van der Waals surface area contributed by atoms with Gasteiger partial charge in [-0.15, -0.1) is 0 Å². The SMILES string of the molecule is CC(C)(C)[Si](C)(C)OCCn1cc(C2=CCC3(CC2)OCCO3)ccc1=O. The fourth-order valence-corrected chi connectivity index (χ4v) is 4.38. The van der Waals surface area contributed by atoms with Crippen LogP contribution in [0.4, 0.5) is 0 Å². The first-order valence-corrected chi connectivity index (χ1v) is 12.8. The summed E-state index contributed by atoms with van der Waals surface area (Å²) in [5.74, 6) is -0.408. The Bertz CT molecular complexity index is 754. The Labute approximate surface area is 163 Å². The van der Waals surface area contributed by atoms with Crippen LogP contribution in [0.25, 0.3) is 5.57 Å². The van der Waals surface area contributed by atoms with E-state index in [9.17, 15) is 4.79 Å². The Morgan fingerprint density at radius 2 is 1.93 bits per heavy atom. The maximum absolute atomic E-state index is 12.3. The van der Waals surface area contributed by atoms with Crippen molar-refractivity contribution in [2.75, 3.05) is 19.8 Å². The van der Waals surface area contributed by atoms with Crippen LogP contribution in [-0.2, 0) is 20.4 Å². The molecule has 0 radical (unpaired) electrons. The van der Waals surface area contributed by atoms with Crippen molar-refractivity contribution in [3.05, 3.63) is 40.3 Å². The van der Waals surface area contributed by atoms with Crippen LogP contribution in [0.5, 0.6) is 0 Å². The lowest BCUT2D eigenvalue weighted by Gasteiger charge is -2.36. The van der Waals surface area contributed by atoms with Gasteiger partial charge >= 0.3 is 0 Å². The molecule has 27 heavy (non-hydrogen) atoms. The summed E-state index contributed by atoms with van der Waals surface area (Å²) in [6, 6.07) is 3.59. The van der Waals surface area contributed by atoms with E-state index >= 15 is 0 Å². The Kier molecular flexibility index (Phi) is 5.82. The molecule has 0 aromatic carbocycles. The van der Waals surface area contributed by atoms with E-state index in [1.165, 1.54) is 5.57 Å². The molecule has 1 spiro atoms. The van der Waals surface area contributed by atoms with Gasteiger partial charge < -0.3 is 18.5 Å². The van der Waals surface area contributed by atoms with Crippen molar-refractivity contribution in [1.82, 2.24) is 4.57 Å². The Morgan fingerprint density at radius 3 is 2.52 bits per heavy atom. The normalized spacial score (nSPS) is 20.1. The minimum Gasteiger partial charge on any atom is -0.415 e. The van der Waals surface area contributed by atoms with E-state index in [-0.39, 0.29) is 10.6 Å². The number of hydrogen-bond acceptors (Lipinski definition) is 4. The van der Waals surface area contributed by atoms with Crippen LogP contribution < -0.4 is 5.56 Å². The number of rotatable bonds is 5. The van der Waals surface area contributed by atoms with E-state index in [1.807, 2.05) is 12.3 Å². The Hall–Kier alpha value is -1.21. The molecule has 2 heterocycles. The molecular weight excluding hydrogens is 358 g/mol.